The Labute approximate surface area is 222 Å². The molecule has 0 aromatic heterocycles. The minimum absolute atomic E-state index is 0.148. The van der Waals surface area contributed by atoms with Gasteiger partial charge in [-0.05, 0) is 49.2 Å². The van der Waals surface area contributed by atoms with E-state index in [2.05, 4.69) is 21.2 Å². The molecule has 2 aromatic rings. The van der Waals surface area contributed by atoms with E-state index >= 15 is 0 Å². The number of rotatable bonds is 5. The van der Waals surface area contributed by atoms with Gasteiger partial charge >= 0.3 is 18.1 Å². The highest BCUT2D eigenvalue weighted by Crippen LogP contribution is 2.22. The lowest BCUT2D eigenvalue weighted by molar-refractivity contribution is -0.192. The van der Waals surface area contributed by atoms with Gasteiger partial charge in [-0.15, -0.1) is 0 Å². The molecule has 0 spiro atoms. The lowest BCUT2D eigenvalue weighted by Crippen LogP contribution is -2.51. The van der Waals surface area contributed by atoms with Gasteiger partial charge in [-0.1, -0.05) is 23.7 Å². The molecule has 2 fully saturated rings. The molecule has 2 aliphatic heterocycles. The normalized spacial score (nSPS) is 18.0. The molecule has 0 saturated carbocycles. The summed E-state index contributed by atoms with van der Waals surface area (Å²) in [5, 5.41) is 20.5. The van der Waals surface area contributed by atoms with Crippen LogP contribution in [0.5, 0.6) is 0 Å². The molecule has 2 aliphatic rings. The molecule has 0 aliphatic carbocycles. The van der Waals surface area contributed by atoms with Crippen molar-refractivity contribution in [1.29, 1.82) is 0 Å². The first kappa shape index (κ1) is 29.1. The molecule has 0 amide bonds. The quantitative estimate of drug-likeness (QED) is 0.366. The molecular weight excluding hydrogens is 529 g/mol. The number of halogens is 4. The minimum atomic E-state index is -5.08. The zero-order chi connectivity index (χ0) is 27.7. The monoisotopic (exact) mass is 556 g/mol. The van der Waals surface area contributed by atoms with E-state index in [9.17, 15) is 23.1 Å². The number of nitrogens with one attached hydrogen (secondary N) is 1. The van der Waals surface area contributed by atoms with Crippen LogP contribution in [-0.4, -0.2) is 84.6 Å². The number of aromatic carboxylic acids is 1. The summed E-state index contributed by atoms with van der Waals surface area (Å²) >= 11 is 6.15. The fraction of sp³-hybridized carbons (Fsp3) is 0.400. The number of carboxylic acids is 2. The molecule has 9 nitrogen and oxygen atoms in total. The number of carboxylic acid groups (broad SMARTS) is 2. The second-order valence-corrected chi connectivity index (χ2v) is 9.00. The average molecular weight is 557 g/mol. The van der Waals surface area contributed by atoms with Crippen LogP contribution >= 0.6 is 11.6 Å². The summed E-state index contributed by atoms with van der Waals surface area (Å²) in [5.74, 6) is -2.95. The topological polar surface area (TPSA) is 115 Å². The lowest BCUT2D eigenvalue weighted by Gasteiger charge is -2.38. The number of piperazine rings is 1. The van der Waals surface area contributed by atoms with Crippen molar-refractivity contribution in [3.8, 4) is 0 Å². The second kappa shape index (κ2) is 13.3. The fourth-order valence-corrected chi connectivity index (χ4v) is 4.09. The largest absolute Gasteiger partial charge is 0.490 e. The molecule has 0 radical (unpaired) electrons. The van der Waals surface area contributed by atoms with Crippen molar-refractivity contribution in [2.24, 2.45) is 4.99 Å². The first-order chi connectivity index (χ1) is 18.0. The molecule has 1 atom stereocenters. The predicted molar refractivity (Wildman–Crippen MR) is 137 cm³/mol. The first-order valence-corrected chi connectivity index (χ1v) is 12.2. The minimum Gasteiger partial charge on any atom is -0.478 e. The number of aliphatic carboxylic acids is 1. The summed E-state index contributed by atoms with van der Waals surface area (Å²) in [6.07, 6.45) is -2.84. The summed E-state index contributed by atoms with van der Waals surface area (Å²) in [6, 6.07) is 14.7. The fourth-order valence-electron chi connectivity index (χ4n) is 3.90. The van der Waals surface area contributed by atoms with Crippen molar-refractivity contribution in [1.82, 2.24) is 4.90 Å². The predicted octanol–water partition coefficient (Wildman–Crippen LogP) is 4.44. The van der Waals surface area contributed by atoms with Crippen LogP contribution in [-0.2, 0) is 9.53 Å². The van der Waals surface area contributed by atoms with Gasteiger partial charge in [0.05, 0.1) is 18.2 Å². The second-order valence-electron chi connectivity index (χ2n) is 8.57. The SMILES string of the molecule is O=C(O)C(F)(F)F.O=C(O)c1cccc(NC(=NCC2CCCO2)N2CCN(c3cccc(Cl)c3)CC2)c1. The van der Waals surface area contributed by atoms with Crippen LogP contribution in [0.3, 0.4) is 0 Å². The summed E-state index contributed by atoms with van der Waals surface area (Å²) in [6.45, 7) is 4.66. The van der Waals surface area contributed by atoms with Crippen molar-refractivity contribution >= 4 is 40.9 Å². The molecule has 2 aromatic carbocycles. The maximum absolute atomic E-state index is 11.3. The van der Waals surface area contributed by atoms with E-state index in [1.165, 1.54) is 0 Å². The Hall–Kier alpha value is -3.51. The standard InChI is InChI=1S/C23H27ClN4O3.C2HF3O2/c24-18-5-2-7-20(15-18)27-9-11-28(12-10-27)23(25-16-21-8-3-13-31-21)26-19-6-1-4-17(14-19)22(29)30;3-2(4,5)1(6)7/h1-2,4-7,14-15,21H,3,8-13,16H2,(H,25,26)(H,29,30);(H,6,7). The molecule has 0 bridgehead atoms. The summed E-state index contributed by atoms with van der Waals surface area (Å²) < 4.78 is 37.5. The smallest absolute Gasteiger partial charge is 0.478 e. The third-order valence-electron chi connectivity index (χ3n) is 5.83. The van der Waals surface area contributed by atoms with E-state index in [0.717, 1.165) is 62.3 Å². The van der Waals surface area contributed by atoms with Crippen LogP contribution < -0.4 is 10.2 Å². The Morgan fingerprint density at radius 1 is 1.08 bits per heavy atom. The van der Waals surface area contributed by atoms with Gasteiger partial charge in [-0.25, -0.2) is 9.59 Å². The number of nitrogens with zero attached hydrogens (tertiary/aromatic N) is 3. The van der Waals surface area contributed by atoms with Crippen LogP contribution in [0, 0.1) is 0 Å². The van der Waals surface area contributed by atoms with Crippen molar-refractivity contribution in [2.75, 3.05) is 49.5 Å². The van der Waals surface area contributed by atoms with Crippen LogP contribution in [0.1, 0.15) is 23.2 Å². The molecule has 3 N–H and O–H groups in total. The number of alkyl halides is 3. The summed E-state index contributed by atoms with van der Waals surface area (Å²) in [7, 11) is 0. The number of guanidine groups is 1. The molecule has 13 heteroatoms. The number of anilines is 2. The van der Waals surface area contributed by atoms with E-state index in [1.54, 1.807) is 18.2 Å². The molecule has 206 valence electrons. The Kier molecular flexibility index (Phi) is 10.2. The number of ether oxygens (including phenoxy) is 1. The molecular formula is C25H28ClF3N4O5. The summed E-state index contributed by atoms with van der Waals surface area (Å²) in [4.78, 5) is 29.6. The zero-order valence-electron chi connectivity index (χ0n) is 20.3. The van der Waals surface area contributed by atoms with E-state index < -0.39 is 18.1 Å². The number of hydrogen-bond acceptors (Lipinski definition) is 5. The summed E-state index contributed by atoms with van der Waals surface area (Å²) in [5.41, 5.74) is 2.07. The Bertz CT molecular complexity index is 1130. The van der Waals surface area contributed by atoms with Gasteiger partial charge in [0.15, 0.2) is 5.96 Å². The molecule has 4 rings (SSSR count). The molecule has 2 saturated heterocycles. The molecule has 2 heterocycles. The number of benzene rings is 2. The lowest BCUT2D eigenvalue weighted by atomic mass is 10.2. The van der Waals surface area contributed by atoms with E-state index in [4.69, 9.17) is 31.2 Å². The van der Waals surface area contributed by atoms with Crippen molar-refractivity contribution < 1.29 is 37.7 Å². The molecule has 1 unspecified atom stereocenters. The maximum atomic E-state index is 11.3. The van der Waals surface area contributed by atoms with Crippen LogP contribution in [0.15, 0.2) is 53.5 Å². The third-order valence-corrected chi connectivity index (χ3v) is 6.06. The van der Waals surface area contributed by atoms with Gasteiger partial charge in [0.25, 0.3) is 0 Å². The average Bonchev–Trinajstić information content (AvgIpc) is 3.40. The van der Waals surface area contributed by atoms with Crippen LogP contribution in [0.4, 0.5) is 24.5 Å². The van der Waals surface area contributed by atoms with Gasteiger partial charge in [0.1, 0.15) is 0 Å². The van der Waals surface area contributed by atoms with Crippen molar-refractivity contribution in [2.45, 2.75) is 25.1 Å². The Morgan fingerprint density at radius 2 is 1.76 bits per heavy atom. The van der Waals surface area contributed by atoms with Gasteiger partial charge in [-0.3, -0.25) is 4.99 Å². The number of carbonyl (C=O) groups is 2. The Balaban J connectivity index is 0.000000505. The highest BCUT2D eigenvalue weighted by molar-refractivity contribution is 6.30. The van der Waals surface area contributed by atoms with Crippen LogP contribution in [0.2, 0.25) is 5.02 Å². The number of hydrogen-bond donors (Lipinski definition) is 3. The van der Waals surface area contributed by atoms with Gasteiger partial charge in [-0.2, -0.15) is 13.2 Å². The van der Waals surface area contributed by atoms with E-state index in [-0.39, 0.29) is 11.7 Å². The highest BCUT2D eigenvalue weighted by Gasteiger charge is 2.38. The van der Waals surface area contributed by atoms with Gasteiger partial charge in [0, 0.05) is 49.2 Å². The Morgan fingerprint density at radius 3 is 2.34 bits per heavy atom. The highest BCUT2D eigenvalue weighted by atomic mass is 35.5. The number of aliphatic imine (C=N–C) groups is 1. The maximum Gasteiger partial charge on any atom is 0.490 e. The van der Waals surface area contributed by atoms with Gasteiger partial charge in [0.2, 0.25) is 0 Å². The van der Waals surface area contributed by atoms with Crippen molar-refractivity contribution in [3.05, 3.63) is 59.1 Å². The van der Waals surface area contributed by atoms with E-state index in [1.807, 2.05) is 24.3 Å². The molecule has 38 heavy (non-hydrogen) atoms. The zero-order valence-corrected chi connectivity index (χ0v) is 21.1. The van der Waals surface area contributed by atoms with Crippen molar-refractivity contribution in [3.63, 3.8) is 0 Å². The van der Waals surface area contributed by atoms with E-state index in [0.29, 0.717) is 12.2 Å². The van der Waals surface area contributed by atoms with Gasteiger partial charge < -0.3 is 30.1 Å². The first-order valence-electron chi connectivity index (χ1n) is 11.8. The van der Waals surface area contributed by atoms with Crippen LogP contribution in [0.25, 0.3) is 0 Å². The third kappa shape index (κ3) is 8.80.